The molecule has 0 radical (unpaired) electrons. The van der Waals surface area contributed by atoms with Crippen LogP contribution in [0.15, 0.2) is 18.3 Å². The summed E-state index contributed by atoms with van der Waals surface area (Å²) in [6.45, 7) is 7.74. The lowest BCUT2D eigenvalue weighted by atomic mass is 10.0. The first-order valence-corrected chi connectivity index (χ1v) is 7.31. The summed E-state index contributed by atoms with van der Waals surface area (Å²) in [6.07, 6.45) is 5.84. The number of rotatable bonds is 3. The van der Waals surface area contributed by atoms with Crippen LogP contribution < -0.4 is 0 Å². The van der Waals surface area contributed by atoms with E-state index in [1.807, 2.05) is 18.3 Å². The van der Waals surface area contributed by atoms with Crippen molar-refractivity contribution in [3.05, 3.63) is 24.2 Å². The number of hydrogen-bond acceptors (Lipinski definition) is 3. The Morgan fingerprint density at radius 1 is 1.37 bits per heavy atom. The van der Waals surface area contributed by atoms with Gasteiger partial charge in [0.25, 0.3) is 0 Å². The maximum absolute atomic E-state index is 4.61. The minimum Gasteiger partial charge on any atom is -0.311 e. The van der Waals surface area contributed by atoms with Crippen LogP contribution in [0.25, 0.3) is 11.2 Å². The molecule has 19 heavy (non-hydrogen) atoms. The zero-order chi connectivity index (χ0) is 13.2. The van der Waals surface area contributed by atoms with Crippen LogP contribution in [0.4, 0.5) is 0 Å². The van der Waals surface area contributed by atoms with Gasteiger partial charge in [-0.05, 0) is 45.0 Å². The number of nitrogens with zero attached hydrogens (tertiary/aromatic N) is 4. The summed E-state index contributed by atoms with van der Waals surface area (Å²) >= 11 is 0. The van der Waals surface area contributed by atoms with Crippen LogP contribution >= 0.6 is 0 Å². The van der Waals surface area contributed by atoms with Crippen molar-refractivity contribution in [2.45, 2.75) is 45.7 Å². The van der Waals surface area contributed by atoms with Gasteiger partial charge in [-0.3, -0.25) is 4.90 Å². The largest absolute Gasteiger partial charge is 0.311 e. The second kappa shape index (κ2) is 5.29. The highest BCUT2D eigenvalue weighted by molar-refractivity contribution is 5.71. The van der Waals surface area contributed by atoms with Crippen molar-refractivity contribution in [1.29, 1.82) is 0 Å². The fraction of sp³-hybridized carbons (Fsp3) is 0.600. The molecule has 0 bridgehead atoms. The second-order valence-electron chi connectivity index (χ2n) is 5.39. The number of likely N-dealkylation sites (N-methyl/N-ethyl adjacent to an activating group) is 1. The zero-order valence-electron chi connectivity index (χ0n) is 11.8. The number of pyridine rings is 1. The van der Waals surface area contributed by atoms with E-state index in [1.54, 1.807) is 0 Å². The van der Waals surface area contributed by atoms with Gasteiger partial charge in [-0.2, -0.15) is 0 Å². The topological polar surface area (TPSA) is 34.0 Å². The Kier molecular flexibility index (Phi) is 3.51. The maximum atomic E-state index is 4.61. The molecule has 0 spiro atoms. The predicted octanol–water partition coefficient (Wildman–Crippen LogP) is 2.61. The van der Waals surface area contributed by atoms with E-state index in [2.05, 4.69) is 33.3 Å². The molecule has 0 aromatic carbocycles. The molecule has 4 nitrogen and oxygen atoms in total. The summed E-state index contributed by atoms with van der Waals surface area (Å²) in [6, 6.07) is 4.64. The number of hydrogen-bond donors (Lipinski definition) is 0. The summed E-state index contributed by atoms with van der Waals surface area (Å²) in [5.74, 6) is 1.08. The Morgan fingerprint density at radius 3 is 3.11 bits per heavy atom. The van der Waals surface area contributed by atoms with Crippen molar-refractivity contribution in [2.75, 3.05) is 13.1 Å². The van der Waals surface area contributed by atoms with E-state index in [9.17, 15) is 0 Å². The molecule has 2 aromatic rings. The zero-order valence-corrected chi connectivity index (χ0v) is 11.8. The molecule has 1 aliphatic heterocycles. The van der Waals surface area contributed by atoms with Crippen LogP contribution in [0.5, 0.6) is 0 Å². The highest BCUT2D eigenvalue weighted by atomic mass is 15.2. The molecule has 1 saturated heterocycles. The van der Waals surface area contributed by atoms with Gasteiger partial charge in [0.15, 0.2) is 5.65 Å². The number of aromatic nitrogens is 3. The van der Waals surface area contributed by atoms with Gasteiger partial charge in [0, 0.05) is 18.8 Å². The number of imidazole rings is 1. The summed E-state index contributed by atoms with van der Waals surface area (Å²) in [5.41, 5.74) is 2.04. The van der Waals surface area contributed by atoms with Gasteiger partial charge < -0.3 is 4.57 Å². The Bertz CT molecular complexity index is 560. The maximum Gasteiger partial charge on any atom is 0.160 e. The summed E-state index contributed by atoms with van der Waals surface area (Å²) in [5, 5.41) is 0. The van der Waals surface area contributed by atoms with Gasteiger partial charge in [-0.25, -0.2) is 9.97 Å². The number of fused-ring (bicyclic) bond motifs is 1. The molecule has 0 N–H and O–H groups in total. The number of aryl methyl sites for hydroxylation is 1. The molecule has 0 aliphatic carbocycles. The molecule has 1 fully saturated rings. The third kappa shape index (κ3) is 2.37. The molecule has 1 atom stereocenters. The molecule has 4 heteroatoms. The summed E-state index contributed by atoms with van der Waals surface area (Å²) < 4.78 is 2.29. The molecule has 1 aliphatic rings. The lowest BCUT2D eigenvalue weighted by molar-refractivity contribution is 0.140. The van der Waals surface area contributed by atoms with Gasteiger partial charge in [-0.15, -0.1) is 0 Å². The van der Waals surface area contributed by atoms with Crippen molar-refractivity contribution >= 4 is 11.2 Å². The molecule has 3 heterocycles. The molecule has 0 amide bonds. The predicted molar refractivity (Wildman–Crippen MR) is 77.2 cm³/mol. The molecule has 3 rings (SSSR count). The quantitative estimate of drug-likeness (QED) is 0.848. The van der Waals surface area contributed by atoms with E-state index in [4.69, 9.17) is 0 Å². The van der Waals surface area contributed by atoms with Crippen LogP contribution in [-0.4, -0.2) is 38.6 Å². The van der Waals surface area contributed by atoms with E-state index >= 15 is 0 Å². The third-order valence-corrected chi connectivity index (χ3v) is 4.24. The van der Waals surface area contributed by atoms with Crippen LogP contribution in [0.3, 0.4) is 0 Å². The standard InChI is InChI=1S/C15H22N4/c1-3-18-10-5-4-7-13(18)11-19-12(2)17-14-8-6-9-16-15(14)19/h6,8-9,13H,3-5,7,10-11H2,1-2H3. The lowest BCUT2D eigenvalue weighted by Gasteiger charge is -2.35. The SMILES string of the molecule is CCN1CCCCC1Cn1c(C)nc2cccnc21. The molecule has 0 saturated carbocycles. The van der Waals surface area contributed by atoms with Crippen LogP contribution in [0.2, 0.25) is 0 Å². The van der Waals surface area contributed by atoms with Gasteiger partial charge >= 0.3 is 0 Å². The fourth-order valence-corrected chi connectivity index (χ4v) is 3.18. The van der Waals surface area contributed by atoms with E-state index in [0.29, 0.717) is 6.04 Å². The molecule has 102 valence electrons. The van der Waals surface area contributed by atoms with E-state index < -0.39 is 0 Å². The van der Waals surface area contributed by atoms with Crippen molar-refractivity contribution in [3.8, 4) is 0 Å². The minimum atomic E-state index is 0.636. The number of piperidine rings is 1. The van der Waals surface area contributed by atoms with Gasteiger partial charge in [-0.1, -0.05) is 13.3 Å². The summed E-state index contributed by atoms with van der Waals surface area (Å²) in [4.78, 5) is 11.7. The average Bonchev–Trinajstić information content (AvgIpc) is 2.76. The molecular weight excluding hydrogens is 236 g/mol. The van der Waals surface area contributed by atoms with E-state index in [-0.39, 0.29) is 0 Å². The monoisotopic (exact) mass is 258 g/mol. The number of likely N-dealkylation sites (tertiary alicyclic amines) is 1. The Balaban J connectivity index is 1.90. The van der Waals surface area contributed by atoms with Gasteiger partial charge in [0.1, 0.15) is 11.3 Å². The third-order valence-electron chi connectivity index (χ3n) is 4.24. The average molecular weight is 258 g/mol. The lowest BCUT2D eigenvalue weighted by Crippen LogP contribution is -2.42. The van der Waals surface area contributed by atoms with Gasteiger partial charge in [0.05, 0.1) is 0 Å². The normalized spacial score (nSPS) is 21.1. The van der Waals surface area contributed by atoms with Crippen LogP contribution in [0.1, 0.15) is 32.0 Å². The molecule has 2 aromatic heterocycles. The first-order valence-electron chi connectivity index (χ1n) is 7.31. The second-order valence-corrected chi connectivity index (χ2v) is 5.39. The van der Waals surface area contributed by atoms with Gasteiger partial charge in [0.2, 0.25) is 0 Å². The van der Waals surface area contributed by atoms with Crippen LogP contribution in [0, 0.1) is 6.92 Å². The Labute approximate surface area is 114 Å². The highest BCUT2D eigenvalue weighted by Crippen LogP contribution is 2.21. The van der Waals surface area contributed by atoms with E-state index in [0.717, 1.165) is 30.1 Å². The molecule has 1 unspecified atom stereocenters. The van der Waals surface area contributed by atoms with E-state index in [1.165, 1.54) is 25.8 Å². The Morgan fingerprint density at radius 2 is 2.26 bits per heavy atom. The minimum absolute atomic E-state index is 0.636. The highest BCUT2D eigenvalue weighted by Gasteiger charge is 2.22. The van der Waals surface area contributed by atoms with Crippen molar-refractivity contribution in [3.63, 3.8) is 0 Å². The van der Waals surface area contributed by atoms with Crippen molar-refractivity contribution in [1.82, 2.24) is 19.4 Å². The first-order chi connectivity index (χ1) is 9.29. The fourth-order valence-electron chi connectivity index (χ4n) is 3.18. The Hall–Kier alpha value is -1.42. The smallest absolute Gasteiger partial charge is 0.160 e. The van der Waals surface area contributed by atoms with Crippen molar-refractivity contribution < 1.29 is 0 Å². The summed E-state index contributed by atoms with van der Waals surface area (Å²) in [7, 11) is 0. The van der Waals surface area contributed by atoms with Crippen LogP contribution in [-0.2, 0) is 6.54 Å². The molecular formula is C15H22N4. The van der Waals surface area contributed by atoms with Crippen molar-refractivity contribution in [2.24, 2.45) is 0 Å². The first kappa shape index (κ1) is 12.6.